The van der Waals surface area contributed by atoms with Gasteiger partial charge < -0.3 is 16.0 Å². The minimum absolute atomic E-state index is 0.0692. The van der Waals surface area contributed by atoms with E-state index >= 15 is 0 Å². The number of piperazine rings is 1. The lowest BCUT2D eigenvalue weighted by molar-refractivity contribution is -0.137. The Hall–Kier alpha value is -2.90. The van der Waals surface area contributed by atoms with Gasteiger partial charge in [-0.1, -0.05) is 17.8 Å². The number of benzene rings is 2. The lowest BCUT2D eigenvalue weighted by atomic mass is 9.70. The van der Waals surface area contributed by atoms with Crippen LogP contribution in [0.3, 0.4) is 0 Å². The largest absolute Gasteiger partial charge is 0.417 e. The van der Waals surface area contributed by atoms with Crippen molar-refractivity contribution in [2.45, 2.75) is 36.9 Å². The van der Waals surface area contributed by atoms with Crippen LogP contribution >= 0.6 is 23.1 Å². The summed E-state index contributed by atoms with van der Waals surface area (Å²) in [6, 6.07) is 3.63. The number of rotatable bonds is 2. The third-order valence-corrected chi connectivity index (χ3v) is 10.5. The van der Waals surface area contributed by atoms with Crippen LogP contribution in [0.25, 0.3) is 32.2 Å². The highest BCUT2D eigenvalue weighted by molar-refractivity contribution is 7.99. The van der Waals surface area contributed by atoms with Gasteiger partial charge in [-0.2, -0.15) is 18.2 Å². The Bertz CT molecular complexity index is 1710. The van der Waals surface area contributed by atoms with Crippen molar-refractivity contribution in [2.75, 3.05) is 42.6 Å². The molecule has 2 aromatic heterocycles. The Balaban J connectivity index is 1.62. The van der Waals surface area contributed by atoms with Crippen LogP contribution in [-0.2, 0) is 12.7 Å². The second kappa shape index (κ2) is 8.80. The molecule has 39 heavy (non-hydrogen) atoms. The standard InChI is InChI=1S/C26H24F4N6OS2/c27-16-3-2-13(18-20(16)39-23(31)33-18)17-15(26(28,29)30)10-14-19-21(17)38-12-25(4-1-5-25)11-36(19)24(37)34-22(14)35-8-6-32-7-9-35/h2-3,10,32H,1,4-9,11-12H2,(H2,31,33). The molecular weight excluding hydrogens is 552 g/mol. The van der Waals surface area contributed by atoms with E-state index in [1.54, 1.807) is 4.57 Å². The zero-order valence-electron chi connectivity index (χ0n) is 20.7. The summed E-state index contributed by atoms with van der Waals surface area (Å²) in [5, 5.41) is 3.61. The van der Waals surface area contributed by atoms with E-state index in [0.717, 1.165) is 42.7 Å². The van der Waals surface area contributed by atoms with E-state index in [-0.39, 0.29) is 37.7 Å². The van der Waals surface area contributed by atoms with Crippen molar-refractivity contribution in [1.29, 1.82) is 0 Å². The molecule has 0 bridgehead atoms. The molecule has 3 aliphatic rings. The van der Waals surface area contributed by atoms with Crippen LogP contribution in [0, 0.1) is 11.2 Å². The molecule has 0 atom stereocenters. The molecule has 2 aromatic carbocycles. The second-order valence-corrected chi connectivity index (χ2v) is 12.5. The molecule has 4 heterocycles. The summed E-state index contributed by atoms with van der Waals surface area (Å²) in [6.07, 6.45) is -1.93. The predicted octanol–water partition coefficient (Wildman–Crippen LogP) is 5.10. The van der Waals surface area contributed by atoms with Gasteiger partial charge >= 0.3 is 11.9 Å². The number of alkyl halides is 3. The van der Waals surface area contributed by atoms with Crippen molar-refractivity contribution >= 4 is 55.2 Å². The minimum atomic E-state index is -4.73. The van der Waals surface area contributed by atoms with Crippen LogP contribution < -0.4 is 21.6 Å². The third kappa shape index (κ3) is 3.92. The van der Waals surface area contributed by atoms with E-state index in [4.69, 9.17) is 5.73 Å². The summed E-state index contributed by atoms with van der Waals surface area (Å²) >= 11 is 2.25. The Morgan fingerprint density at radius 2 is 1.90 bits per heavy atom. The van der Waals surface area contributed by atoms with E-state index in [2.05, 4.69) is 15.3 Å². The first-order chi connectivity index (χ1) is 18.7. The van der Waals surface area contributed by atoms with Crippen LogP contribution in [-0.4, -0.2) is 46.5 Å². The molecule has 1 spiro atoms. The van der Waals surface area contributed by atoms with Gasteiger partial charge in [0.25, 0.3) is 0 Å². The molecule has 1 saturated carbocycles. The smallest absolute Gasteiger partial charge is 0.375 e. The number of nitrogens with one attached hydrogen (secondary N) is 1. The first-order valence-corrected chi connectivity index (χ1v) is 14.6. The Kier molecular flexibility index (Phi) is 5.66. The SMILES string of the molecule is Nc1nc2c(-c3c(C(F)(F)F)cc4c(N5CCNCC5)nc(=O)n5c4c3SCC3(CCC3)C5)ccc(F)c2s1. The lowest BCUT2D eigenvalue weighted by Crippen LogP contribution is -2.45. The highest BCUT2D eigenvalue weighted by atomic mass is 32.2. The van der Waals surface area contributed by atoms with Gasteiger partial charge in [-0.15, -0.1) is 11.8 Å². The number of fused-ring (bicyclic) bond motifs is 1. The average molecular weight is 577 g/mol. The van der Waals surface area contributed by atoms with Crippen molar-refractivity contribution in [3.05, 3.63) is 40.1 Å². The molecule has 1 aliphatic carbocycles. The molecule has 13 heteroatoms. The van der Waals surface area contributed by atoms with Crippen molar-refractivity contribution in [3.8, 4) is 11.1 Å². The fourth-order valence-electron chi connectivity index (χ4n) is 6.07. The van der Waals surface area contributed by atoms with Crippen molar-refractivity contribution in [2.24, 2.45) is 5.41 Å². The van der Waals surface area contributed by atoms with E-state index in [9.17, 15) is 22.4 Å². The molecule has 7 rings (SSSR count). The number of nitrogen functional groups attached to an aromatic ring is 1. The maximum atomic E-state index is 14.9. The van der Waals surface area contributed by atoms with Crippen molar-refractivity contribution in [1.82, 2.24) is 19.9 Å². The van der Waals surface area contributed by atoms with Crippen molar-refractivity contribution < 1.29 is 17.6 Å². The summed E-state index contributed by atoms with van der Waals surface area (Å²) in [5.74, 6) is 0.258. The highest BCUT2D eigenvalue weighted by Gasteiger charge is 2.43. The Labute approximate surface area is 228 Å². The number of anilines is 2. The fourth-order valence-corrected chi connectivity index (χ4v) is 8.38. The Morgan fingerprint density at radius 3 is 2.59 bits per heavy atom. The highest BCUT2D eigenvalue weighted by Crippen LogP contribution is 2.54. The molecule has 2 fully saturated rings. The predicted molar refractivity (Wildman–Crippen MR) is 146 cm³/mol. The van der Waals surface area contributed by atoms with Crippen LogP contribution in [0.5, 0.6) is 0 Å². The monoisotopic (exact) mass is 576 g/mol. The van der Waals surface area contributed by atoms with E-state index in [0.29, 0.717) is 54.3 Å². The van der Waals surface area contributed by atoms with E-state index in [1.165, 1.54) is 17.8 Å². The molecule has 1 saturated heterocycles. The van der Waals surface area contributed by atoms with E-state index in [1.807, 2.05) is 4.90 Å². The van der Waals surface area contributed by atoms with Crippen LogP contribution in [0.1, 0.15) is 24.8 Å². The van der Waals surface area contributed by atoms with Gasteiger partial charge in [0.05, 0.1) is 21.3 Å². The zero-order valence-corrected chi connectivity index (χ0v) is 22.3. The van der Waals surface area contributed by atoms with Gasteiger partial charge in [0.2, 0.25) is 0 Å². The number of halogens is 4. The zero-order chi connectivity index (χ0) is 27.1. The maximum Gasteiger partial charge on any atom is 0.417 e. The van der Waals surface area contributed by atoms with E-state index < -0.39 is 23.2 Å². The molecule has 0 unspecified atom stereocenters. The third-order valence-electron chi connectivity index (χ3n) is 8.13. The summed E-state index contributed by atoms with van der Waals surface area (Å²) < 4.78 is 61.2. The van der Waals surface area contributed by atoms with Gasteiger partial charge in [0, 0.05) is 59.9 Å². The quantitative estimate of drug-likeness (QED) is 0.321. The minimum Gasteiger partial charge on any atom is -0.375 e. The fraction of sp³-hybridized carbons (Fsp3) is 0.423. The number of thiazole rings is 1. The van der Waals surface area contributed by atoms with Gasteiger partial charge in [-0.25, -0.2) is 14.2 Å². The van der Waals surface area contributed by atoms with Gasteiger partial charge in [0.1, 0.15) is 11.6 Å². The molecule has 4 aromatic rings. The number of nitrogens with zero attached hydrogens (tertiary/aromatic N) is 4. The summed E-state index contributed by atoms with van der Waals surface area (Å²) in [6.45, 7) is 2.74. The molecule has 3 N–H and O–H groups in total. The second-order valence-electron chi connectivity index (χ2n) is 10.5. The summed E-state index contributed by atoms with van der Waals surface area (Å²) in [4.78, 5) is 24.4. The van der Waals surface area contributed by atoms with Crippen LogP contribution in [0.2, 0.25) is 0 Å². The molecule has 0 amide bonds. The maximum absolute atomic E-state index is 14.9. The van der Waals surface area contributed by atoms with Gasteiger partial charge in [0.15, 0.2) is 5.13 Å². The molecule has 204 valence electrons. The topological polar surface area (TPSA) is 89.1 Å². The molecule has 2 aliphatic heterocycles. The number of thioether (sulfide) groups is 1. The Morgan fingerprint density at radius 1 is 1.13 bits per heavy atom. The van der Waals surface area contributed by atoms with Crippen molar-refractivity contribution in [3.63, 3.8) is 0 Å². The average Bonchev–Trinajstić information content (AvgIpc) is 3.18. The first kappa shape index (κ1) is 25.1. The van der Waals surface area contributed by atoms with Gasteiger partial charge in [-0.3, -0.25) is 4.57 Å². The number of hydrogen-bond donors (Lipinski definition) is 2. The molecule has 7 nitrogen and oxygen atoms in total. The summed E-state index contributed by atoms with van der Waals surface area (Å²) in [5.41, 5.74) is 5.00. The molecule has 0 radical (unpaired) electrons. The van der Waals surface area contributed by atoms with Crippen LogP contribution in [0.4, 0.5) is 28.5 Å². The first-order valence-electron chi connectivity index (χ1n) is 12.8. The summed E-state index contributed by atoms with van der Waals surface area (Å²) in [7, 11) is 0. The van der Waals surface area contributed by atoms with Gasteiger partial charge in [-0.05, 0) is 36.5 Å². The van der Waals surface area contributed by atoms with Crippen LogP contribution in [0.15, 0.2) is 27.9 Å². The molecular formula is C26H24F4N6OS2. The number of hydrogen-bond acceptors (Lipinski definition) is 8. The number of aromatic nitrogens is 3. The normalized spacial score (nSPS) is 19.0. The number of nitrogens with two attached hydrogens (primary N) is 1. The lowest BCUT2D eigenvalue weighted by Gasteiger charge is -2.41.